The molecule has 0 atom stereocenters. The Bertz CT molecular complexity index is 1590. The maximum atomic E-state index is 13.3. The summed E-state index contributed by atoms with van der Waals surface area (Å²) in [6, 6.07) is 22.2. The minimum absolute atomic E-state index is 0.0453. The lowest BCUT2D eigenvalue weighted by molar-refractivity contribution is 0.0495. The molecule has 4 rings (SSSR count). The second-order valence-corrected chi connectivity index (χ2v) is 10.7. The largest absolute Gasteiger partial charge is 0.495 e. The van der Waals surface area contributed by atoms with E-state index in [1.165, 1.54) is 48.6 Å². The maximum absolute atomic E-state index is 13.3. The monoisotopic (exact) mass is 592 g/mol. The molecule has 1 heterocycles. The fourth-order valence-electron chi connectivity index (χ4n) is 4.01. The van der Waals surface area contributed by atoms with E-state index in [0.29, 0.717) is 29.2 Å². The van der Waals surface area contributed by atoms with Crippen molar-refractivity contribution >= 4 is 27.8 Å². The van der Waals surface area contributed by atoms with Crippen LogP contribution in [0.25, 0.3) is 0 Å². The van der Waals surface area contributed by atoms with E-state index < -0.39 is 16.1 Å². The van der Waals surface area contributed by atoms with Gasteiger partial charge in [0.15, 0.2) is 0 Å². The van der Waals surface area contributed by atoms with Crippen molar-refractivity contribution in [3.63, 3.8) is 0 Å². The number of urea groups is 1. The van der Waals surface area contributed by atoms with Crippen LogP contribution >= 0.6 is 0 Å². The molecule has 0 saturated heterocycles. The molecule has 0 aliphatic heterocycles. The average molecular weight is 593 g/mol. The van der Waals surface area contributed by atoms with Crippen LogP contribution in [-0.4, -0.2) is 39.0 Å². The van der Waals surface area contributed by atoms with Gasteiger partial charge in [-0.2, -0.15) is 8.42 Å². The quantitative estimate of drug-likeness (QED) is 0.110. The van der Waals surface area contributed by atoms with Gasteiger partial charge in [0.1, 0.15) is 22.2 Å². The molecule has 0 spiro atoms. The number of nitrogens with zero attached hydrogens (tertiary/aromatic N) is 1. The average Bonchev–Trinajstić information content (AvgIpc) is 3.51. The fraction of sp³-hybridized carbons (Fsp3) is 0.226. The molecule has 4 aromatic rings. The zero-order valence-corrected chi connectivity index (χ0v) is 24.1. The summed E-state index contributed by atoms with van der Waals surface area (Å²) in [7, 11) is -2.82. The zero-order valence-electron chi connectivity index (χ0n) is 23.3. The highest BCUT2D eigenvalue weighted by molar-refractivity contribution is 7.87. The third-order valence-corrected chi connectivity index (χ3v) is 7.48. The van der Waals surface area contributed by atoms with Crippen molar-refractivity contribution in [3.05, 3.63) is 108 Å². The first-order valence-corrected chi connectivity index (χ1v) is 14.7. The van der Waals surface area contributed by atoms with Crippen molar-refractivity contribution in [2.75, 3.05) is 19.0 Å². The highest BCUT2D eigenvalue weighted by Crippen LogP contribution is 2.26. The zero-order chi connectivity index (χ0) is 30.0. The van der Waals surface area contributed by atoms with Crippen LogP contribution in [0.1, 0.15) is 41.4 Å². The molecule has 1 N–H and O–H groups in total. The Labute approximate surface area is 244 Å². The van der Waals surface area contributed by atoms with Gasteiger partial charge >= 0.3 is 22.1 Å². The number of nitrogens with one attached hydrogen (secondary N) is 1. The molecule has 42 heavy (non-hydrogen) atoms. The summed E-state index contributed by atoms with van der Waals surface area (Å²) in [6.45, 7) is 2.52. The molecule has 0 unspecified atom stereocenters. The lowest BCUT2D eigenvalue weighted by Crippen LogP contribution is -2.34. The summed E-state index contributed by atoms with van der Waals surface area (Å²) in [5, 5.41) is 2.86. The summed E-state index contributed by atoms with van der Waals surface area (Å²) < 4.78 is 47.5. The van der Waals surface area contributed by atoms with Crippen molar-refractivity contribution in [2.45, 2.75) is 37.8 Å². The van der Waals surface area contributed by atoms with Gasteiger partial charge < -0.3 is 28.3 Å². The van der Waals surface area contributed by atoms with Gasteiger partial charge in [-0.25, -0.2) is 9.59 Å². The predicted molar refractivity (Wildman–Crippen MR) is 156 cm³/mol. The first kappa shape index (κ1) is 30.2. The standard InChI is InChI=1S/C31H32N2O8S/c1-3-4-19-40-30(34)26-11-5-8-14-29(26)42(36,37)41-24-17-15-23(16-18-24)21-33(22-25-10-9-20-39-25)31(35)32-27-12-6-7-13-28(27)38-2/h5-18,20H,3-4,19,21-22H2,1-2H3,(H,32,35). The number of hydrogen-bond acceptors (Lipinski definition) is 8. The van der Waals surface area contributed by atoms with E-state index in [1.807, 2.05) is 6.92 Å². The summed E-state index contributed by atoms with van der Waals surface area (Å²) in [4.78, 5) is 27.0. The molecule has 0 bridgehead atoms. The molecule has 2 amide bonds. The second-order valence-electron chi connectivity index (χ2n) is 9.23. The van der Waals surface area contributed by atoms with E-state index in [1.54, 1.807) is 54.6 Å². The van der Waals surface area contributed by atoms with Gasteiger partial charge in [0.25, 0.3) is 0 Å². The first-order valence-electron chi connectivity index (χ1n) is 13.3. The number of carbonyl (C=O) groups excluding carboxylic acids is 2. The summed E-state index contributed by atoms with van der Waals surface area (Å²) in [6.07, 6.45) is 3.03. The SMILES string of the molecule is CCCCOC(=O)c1ccccc1S(=O)(=O)Oc1ccc(CN(Cc2ccco2)C(=O)Nc2ccccc2OC)cc1. The predicted octanol–water partition coefficient (Wildman–Crippen LogP) is 6.25. The van der Waals surface area contributed by atoms with Crippen molar-refractivity contribution in [1.29, 1.82) is 0 Å². The van der Waals surface area contributed by atoms with Gasteiger partial charge in [-0.05, 0) is 60.5 Å². The van der Waals surface area contributed by atoms with Gasteiger partial charge in [0, 0.05) is 6.54 Å². The number of carbonyl (C=O) groups is 2. The summed E-state index contributed by atoms with van der Waals surface area (Å²) in [5.41, 5.74) is 1.12. The third kappa shape index (κ3) is 7.91. The Morgan fingerprint density at radius 3 is 2.36 bits per heavy atom. The molecule has 0 fully saturated rings. The van der Waals surface area contributed by atoms with E-state index in [9.17, 15) is 18.0 Å². The summed E-state index contributed by atoms with van der Waals surface area (Å²) >= 11 is 0. The molecule has 220 valence electrons. The molecule has 11 heteroatoms. The van der Waals surface area contributed by atoms with Crippen LogP contribution in [0.3, 0.4) is 0 Å². The number of amides is 2. The summed E-state index contributed by atoms with van der Waals surface area (Å²) in [5.74, 6) is 0.416. The molecule has 0 radical (unpaired) electrons. The number of hydrogen-bond donors (Lipinski definition) is 1. The number of para-hydroxylation sites is 2. The van der Waals surface area contributed by atoms with Gasteiger partial charge in [-0.15, -0.1) is 0 Å². The molecule has 1 aromatic heterocycles. The van der Waals surface area contributed by atoms with Crippen LogP contribution in [-0.2, 0) is 27.9 Å². The van der Waals surface area contributed by atoms with Crippen molar-refractivity contribution in [3.8, 4) is 11.5 Å². The molecule has 0 aliphatic carbocycles. The highest BCUT2D eigenvalue weighted by atomic mass is 32.2. The number of unbranched alkanes of at least 4 members (excludes halogenated alkanes) is 1. The molecule has 3 aromatic carbocycles. The van der Waals surface area contributed by atoms with Crippen LogP contribution < -0.4 is 14.2 Å². The van der Waals surface area contributed by atoms with Gasteiger partial charge in [0.2, 0.25) is 0 Å². The smallest absolute Gasteiger partial charge is 0.340 e. The first-order chi connectivity index (χ1) is 20.3. The maximum Gasteiger partial charge on any atom is 0.340 e. The number of esters is 1. The highest BCUT2D eigenvalue weighted by Gasteiger charge is 2.25. The van der Waals surface area contributed by atoms with Crippen molar-refractivity contribution in [2.24, 2.45) is 0 Å². The number of rotatable bonds is 13. The van der Waals surface area contributed by atoms with Gasteiger partial charge in [-0.1, -0.05) is 49.7 Å². The normalized spacial score (nSPS) is 11.0. The van der Waals surface area contributed by atoms with E-state index >= 15 is 0 Å². The van der Waals surface area contributed by atoms with Crippen LogP contribution in [0.15, 0.2) is 101 Å². The van der Waals surface area contributed by atoms with Crippen LogP contribution in [0.4, 0.5) is 10.5 Å². The number of ether oxygens (including phenoxy) is 2. The molecule has 10 nitrogen and oxygen atoms in total. The Morgan fingerprint density at radius 2 is 1.64 bits per heavy atom. The Morgan fingerprint density at radius 1 is 0.905 bits per heavy atom. The topological polar surface area (TPSA) is 124 Å². The van der Waals surface area contributed by atoms with E-state index in [0.717, 1.165) is 6.42 Å². The molecule has 0 aliphatic rings. The molecular formula is C31H32N2O8S. The lowest BCUT2D eigenvalue weighted by atomic mass is 10.2. The second kappa shape index (κ2) is 14.2. The Hall–Kier alpha value is -4.77. The van der Waals surface area contributed by atoms with Crippen LogP contribution in [0.2, 0.25) is 0 Å². The third-order valence-electron chi connectivity index (χ3n) is 6.17. The minimum Gasteiger partial charge on any atom is -0.495 e. The van der Waals surface area contributed by atoms with E-state index in [-0.39, 0.29) is 41.9 Å². The van der Waals surface area contributed by atoms with Crippen molar-refractivity contribution in [1.82, 2.24) is 4.90 Å². The minimum atomic E-state index is -4.34. The van der Waals surface area contributed by atoms with Gasteiger partial charge in [0.05, 0.1) is 37.8 Å². The lowest BCUT2D eigenvalue weighted by Gasteiger charge is -2.23. The number of furan rings is 1. The van der Waals surface area contributed by atoms with Crippen molar-refractivity contribution < 1.29 is 36.1 Å². The Kier molecular flexibility index (Phi) is 10.2. The van der Waals surface area contributed by atoms with E-state index in [4.69, 9.17) is 18.1 Å². The number of benzene rings is 3. The Balaban J connectivity index is 1.48. The van der Waals surface area contributed by atoms with E-state index in [2.05, 4.69) is 5.32 Å². The number of anilines is 1. The fourth-order valence-corrected chi connectivity index (χ4v) is 5.14. The van der Waals surface area contributed by atoms with Crippen LogP contribution in [0, 0.1) is 0 Å². The molecule has 0 saturated carbocycles. The number of methoxy groups -OCH3 is 1. The van der Waals surface area contributed by atoms with Crippen LogP contribution in [0.5, 0.6) is 11.5 Å². The van der Waals surface area contributed by atoms with Gasteiger partial charge in [-0.3, -0.25) is 0 Å². The molecular weight excluding hydrogens is 560 g/mol.